The van der Waals surface area contributed by atoms with Gasteiger partial charge in [0.2, 0.25) is 5.91 Å². The molecule has 0 bridgehead atoms. The fraction of sp³-hybridized carbons (Fsp3) is 0.400. The number of alkyl halides is 3. The van der Waals surface area contributed by atoms with Gasteiger partial charge in [-0.1, -0.05) is 18.2 Å². The maximum Gasteiger partial charge on any atom is 0.389 e. The van der Waals surface area contributed by atoms with Crippen molar-refractivity contribution >= 4 is 5.91 Å². The number of nitriles is 1. The van der Waals surface area contributed by atoms with E-state index in [4.69, 9.17) is 5.10 Å². The third kappa shape index (κ3) is 6.77. The summed E-state index contributed by atoms with van der Waals surface area (Å²) in [5.74, 6) is -0.337. The van der Waals surface area contributed by atoms with Crippen molar-refractivity contribution in [3.05, 3.63) is 72.2 Å². The zero-order valence-corrected chi connectivity index (χ0v) is 23.1. The summed E-state index contributed by atoms with van der Waals surface area (Å²) in [6.07, 6.45) is 0.954. The summed E-state index contributed by atoms with van der Waals surface area (Å²) in [5.41, 5.74) is 3.99. The van der Waals surface area contributed by atoms with E-state index in [9.17, 15) is 23.2 Å². The van der Waals surface area contributed by atoms with Crippen LogP contribution in [0.15, 0.2) is 60.9 Å². The number of nitrogens with zero attached hydrogens (tertiary/aromatic N) is 6. The quantitative estimate of drug-likeness (QED) is 0.346. The van der Waals surface area contributed by atoms with Gasteiger partial charge in [0.25, 0.3) is 0 Å². The number of carbonyl (C=O) groups is 1. The maximum absolute atomic E-state index is 13.4. The lowest BCUT2D eigenvalue weighted by molar-refractivity contribution is -0.144. The van der Waals surface area contributed by atoms with Crippen LogP contribution in [-0.2, 0) is 17.9 Å². The fourth-order valence-corrected chi connectivity index (χ4v) is 4.67. The summed E-state index contributed by atoms with van der Waals surface area (Å²) in [5, 5.41) is 14.2. The van der Waals surface area contributed by atoms with E-state index in [2.05, 4.69) is 36.7 Å². The molecule has 0 unspecified atom stereocenters. The van der Waals surface area contributed by atoms with Crippen LogP contribution < -0.4 is 0 Å². The van der Waals surface area contributed by atoms with Crippen LogP contribution >= 0.6 is 0 Å². The number of pyridine rings is 1. The molecule has 0 saturated carbocycles. The van der Waals surface area contributed by atoms with Gasteiger partial charge in [-0.2, -0.15) is 23.5 Å². The van der Waals surface area contributed by atoms with E-state index < -0.39 is 18.6 Å². The molecule has 3 aromatic rings. The van der Waals surface area contributed by atoms with Gasteiger partial charge in [0.05, 0.1) is 36.5 Å². The van der Waals surface area contributed by atoms with Crippen LogP contribution in [0.1, 0.15) is 44.9 Å². The van der Waals surface area contributed by atoms with Crippen LogP contribution in [-0.4, -0.2) is 61.8 Å². The number of benzene rings is 1. The molecule has 1 aliphatic heterocycles. The predicted octanol–water partition coefficient (Wildman–Crippen LogP) is 5.82. The second-order valence-electron chi connectivity index (χ2n) is 11.0. The highest BCUT2D eigenvalue weighted by Gasteiger charge is 2.36. The Bertz CT molecular complexity index is 1420. The van der Waals surface area contributed by atoms with Gasteiger partial charge in [-0.25, -0.2) is 0 Å². The van der Waals surface area contributed by atoms with Crippen LogP contribution in [0, 0.1) is 11.3 Å². The Morgan fingerprint density at radius 2 is 1.90 bits per heavy atom. The van der Waals surface area contributed by atoms with E-state index in [0.717, 1.165) is 16.8 Å². The van der Waals surface area contributed by atoms with E-state index in [1.54, 1.807) is 41.4 Å². The van der Waals surface area contributed by atoms with Crippen molar-refractivity contribution in [2.75, 3.05) is 13.6 Å². The van der Waals surface area contributed by atoms with Crippen LogP contribution in [0.5, 0.6) is 0 Å². The van der Waals surface area contributed by atoms with E-state index in [1.807, 2.05) is 25.2 Å². The molecule has 0 fully saturated rings. The molecule has 1 amide bonds. The third-order valence-electron chi connectivity index (χ3n) is 7.27. The molecule has 0 aliphatic carbocycles. The number of fused-ring (bicyclic) bond motifs is 1. The minimum atomic E-state index is -4.34. The van der Waals surface area contributed by atoms with Crippen LogP contribution in [0.3, 0.4) is 0 Å². The normalized spacial score (nSPS) is 15.9. The van der Waals surface area contributed by atoms with Crippen LogP contribution in [0.4, 0.5) is 13.2 Å². The molecule has 1 aromatic carbocycles. The van der Waals surface area contributed by atoms with E-state index in [0.29, 0.717) is 23.4 Å². The van der Waals surface area contributed by atoms with Crippen molar-refractivity contribution in [1.82, 2.24) is 24.6 Å². The maximum atomic E-state index is 13.4. The summed E-state index contributed by atoms with van der Waals surface area (Å²) < 4.78 is 41.4. The van der Waals surface area contributed by atoms with Gasteiger partial charge in [-0.3, -0.25) is 19.4 Å². The second-order valence-corrected chi connectivity index (χ2v) is 11.0. The van der Waals surface area contributed by atoms with Crippen molar-refractivity contribution in [1.29, 1.82) is 5.26 Å². The Kier molecular flexibility index (Phi) is 8.45. The minimum absolute atomic E-state index is 0.0983. The van der Waals surface area contributed by atoms with Crippen molar-refractivity contribution in [3.8, 4) is 28.5 Å². The van der Waals surface area contributed by atoms with Gasteiger partial charge in [0.15, 0.2) is 0 Å². The van der Waals surface area contributed by atoms with Gasteiger partial charge >= 0.3 is 6.18 Å². The number of hydrogen-bond donors (Lipinski definition) is 0. The number of carbonyl (C=O) groups excluding carboxylic acids is 1. The average Bonchev–Trinajstić information content (AvgIpc) is 3.29. The molecule has 7 nitrogen and oxygen atoms in total. The molecule has 0 spiro atoms. The summed E-state index contributed by atoms with van der Waals surface area (Å²) >= 11 is 0. The Labute approximate surface area is 232 Å². The molecule has 210 valence electrons. The number of halogens is 3. The highest BCUT2D eigenvalue weighted by atomic mass is 19.4. The third-order valence-corrected chi connectivity index (χ3v) is 7.27. The molecular formula is C30H33F3N6O. The topological polar surface area (TPSA) is 78.1 Å². The van der Waals surface area contributed by atoms with Gasteiger partial charge in [-0.15, -0.1) is 0 Å². The average molecular weight is 551 g/mol. The summed E-state index contributed by atoms with van der Waals surface area (Å²) in [4.78, 5) is 21.2. The van der Waals surface area contributed by atoms with Crippen molar-refractivity contribution in [2.24, 2.45) is 0 Å². The predicted molar refractivity (Wildman–Crippen MR) is 147 cm³/mol. The molecule has 40 heavy (non-hydrogen) atoms. The van der Waals surface area contributed by atoms with Crippen molar-refractivity contribution < 1.29 is 18.0 Å². The SMILES string of the molecule is CN(C/C=C/C(=O)N1Cc2c(-c3ccncc3)c(-c3cccc(C#N)c3)nn2C[C@@H]1CCC(F)(F)F)C(C)(C)C. The molecule has 1 atom stereocenters. The number of hydrogen-bond acceptors (Lipinski definition) is 5. The first-order chi connectivity index (χ1) is 18.9. The zero-order valence-electron chi connectivity index (χ0n) is 23.1. The van der Waals surface area contributed by atoms with Gasteiger partial charge in [-0.05, 0) is 64.1 Å². The van der Waals surface area contributed by atoms with Crippen LogP contribution in [0.2, 0.25) is 0 Å². The second kappa shape index (κ2) is 11.6. The standard InChI is InChI=1S/C30H33F3N6O/c1-29(2,3)37(4)16-6-9-26(40)38-20-25-27(22-11-14-35-15-12-22)28(23-8-5-7-21(17-23)18-34)36-39(25)19-24(38)10-13-30(31,32)33/h5-9,11-12,14-15,17,24H,10,13,16,19-20H2,1-4H3/b9-6+/t24-/m0/s1. The molecular weight excluding hydrogens is 517 g/mol. The van der Waals surface area contributed by atoms with Gasteiger partial charge in [0.1, 0.15) is 5.69 Å². The van der Waals surface area contributed by atoms with Crippen molar-refractivity contribution in [3.63, 3.8) is 0 Å². The molecule has 4 rings (SSSR count). The first-order valence-electron chi connectivity index (χ1n) is 13.1. The molecule has 0 radical (unpaired) electrons. The summed E-state index contributed by atoms with van der Waals surface area (Å²) in [6, 6.07) is 12.2. The highest BCUT2D eigenvalue weighted by Crippen LogP contribution is 2.38. The number of amides is 1. The van der Waals surface area contributed by atoms with E-state index in [-0.39, 0.29) is 31.0 Å². The fourth-order valence-electron chi connectivity index (χ4n) is 4.67. The Balaban J connectivity index is 1.75. The molecule has 3 heterocycles. The Morgan fingerprint density at radius 1 is 1.18 bits per heavy atom. The van der Waals surface area contributed by atoms with Gasteiger partial charge < -0.3 is 4.90 Å². The zero-order chi connectivity index (χ0) is 29.1. The van der Waals surface area contributed by atoms with Crippen molar-refractivity contribution in [2.45, 2.75) is 64.5 Å². The molecule has 0 N–H and O–H groups in total. The lowest BCUT2D eigenvalue weighted by Crippen LogP contribution is -2.46. The first-order valence-corrected chi connectivity index (χ1v) is 13.1. The lowest BCUT2D eigenvalue weighted by atomic mass is 9.97. The number of aromatic nitrogens is 3. The smallest absolute Gasteiger partial charge is 0.328 e. The minimum Gasteiger partial charge on any atom is -0.328 e. The van der Waals surface area contributed by atoms with E-state index >= 15 is 0 Å². The molecule has 1 aliphatic rings. The van der Waals surface area contributed by atoms with Gasteiger partial charge in [0, 0.05) is 48.1 Å². The molecule has 10 heteroatoms. The lowest BCUT2D eigenvalue weighted by Gasteiger charge is -2.36. The monoisotopic (exact) mass is 550 g/mol. The number of likely N-dealkylation sites (N-methyl/N-ethyl adjacent to an activating group) is 1. The van der Waals surface area contributed by atoms with E-state index in [1.165, 1.54) is 11.0 Å². The molecule has 0 saturated heterocycles. The highest BCUT2D eigenvalue weighted by molar-refractivity contribution is 5.89. The molecule has 2 aromatic heterocycles. The first kappa shape index (κ1) is 29.0. The number of rotatable bonds is 7. The summed E-state index contributed by atoms with van der Waals surface area (Å²) in [6.45, 7) is 6.94. The summed E-state index contributed by atoms with van der Waals surface area (Å²) in [7, 11) is 1.95. The Hall–Kier alpha value is -3.97. The largest absolute Gasteiger partial charge is 0.389 e. The van der Waals surface area contributed by atoms with Crippen LogP contribution in [0.25, 0.3) is 22.4 Å². The Morgan fingerprint density at radius 3 is 2.55 bits per heavy atom.